The molecule has 0 spiro atoms. The SMILES string of the molecule is CC1=Cc2c(-c3ccccc3)c3cc(Cl)ccc3n2CC1. The summed E-state index contributed by atoms with van der Waals surface area (Å²) in [6.45, 7) is 3.26. The van der Waals surface area contributed by atoms with Gasteiger partial charge in [0.15, 0.2) is 0 Å². The Morgan fingerprint density at radius 3 is 2.67 bits per heavy atom. The van der Waals surface area contributed by atoms with Gasteiger partial charge in [0, 0.05) is 33.7 Å². The molecule has 0 saturated heterocycles. The van der Waals surface area contributed by atoms with E-state index >= 15 is 0 Å². The van der Waals surface area contributed by atoms with E-state index in [1.807, 2.05) is 6.07 Å². The van der Waals surface area contributed by atoms with Crippen LogP contribution in [0.1, 0.15) is 19.0 Å². The fourth-order valence-electron chi connectivity index (χ4n) is 3.24. The van der Waals surface area contributed by atoms with Crippen molar-refractivity contribution in [2.45, 2.75) is 19.9 Å². The third-order valence-corrected chi connectivity index (χ3v) is 4.48. The molecule has 0 atom stereocenters. The first-order valence-corrected chi connectivity index (χ1v) is 7.66. The average Bonchev–Trinajstić information content (AvgIpc) is 2.80. The normalized spacial score (nSPS) is 14.1. The number of nitrogens with zero attached hydrogens (tertiary/aromatic N) is 1. The Morgan fingerprint density at radius 2 is 1.86 bits per heavy atom. The van der Waals surface area contributed by atoms with E-state index in [0.29, 0.717) is 0 Å². The van der Waals surface area contributed by atoms with Gasteiger partial charge in [0.05, 0.1) is 0 Å². The van der Waals surface area contributed by atoms with Crippen molar-refractivity contribution in [1.29, 1.82) is 0 Å². The largest absolute Gasteiger partial charge is 0.340 e. The second kappa shape index (κ2) is 4.78. The Hall–Kier alpha value is -1.99. The minimum absolute atomic E-state index is 0.795. The van der Waals surface area contributed by atoms with E-state index in [-0.39, 0.29) is 0 Å². The highest BCUT2D eigenvalue weighted by Crippen LogP contribution is 2.39. The molecule has 21 heavy (non-hydrogen) atoms. The maximum Gasteiger partial charge on any atom is 0.0497 e. The molecule has 1 aliphatic heterocycles. The zero-order valence-corrected chi connectivity index (χ0v) is 12.7. The van der Waals surface area contributed by atoms with Crippen molar-refractivity contribution < 1.29 is 0 Å². The van der Waals surface area contributed by atoms with Crippen LogP contribution in [0.25, 0.3) is 28.1 Å². The zero-order valence-electron chi connectivity index (χ0n) is 11.9. The van der Waals surface area contributed by atoms with E-state index in [0.717, 1.165) is 18.0 Å². The maximum absolute atomic E-state index is 6.25. The summed E-state index contributed by atoms with van der Waals surface area (Å²) in [4.78, 5) is 0. The molecule has 1 nitrogen and oxygen atoms in total. The lowest BCUT2D eigenvalue weighted by atomic mass is 10.00. The third-order valence-electron chi connectivity index (χ3n) is 4.24. The summed E-state index contributed by atoms with van der Waals surface area (Å²) in [5, 5.41) is 2.04. The van der Waals surface area contributed by atoms with Crippen LogP contribution in [0.2, 0.25) is 5.02 Å². The molecule has 2 heterocycles. The lowest BCUT2D eigenvalue weighted by Crippen LogP contribution is -2.05. The highest BCUT2D eigenvalue weighted by Gasteiger charge is 2.19. The van der Waals surface area contributed by atoms with Gasteiger partial charge in [-0.25, -0.2) is 0 Å². The molecule has 104 valence electrons. The number of fused-ring (bicyclic) bond motifs is 3. The van der Waals surface area contributed by atoms with Crippen LogP contribution in [0.15, 0.2) is 54.1 Å². The average molecular weight is 294 g/mol. The first-order valence-electron chi connectivity index (χ1n) is 7.28. The summed E-state index contributed by atoms with van der Waals surface area (Å²) in [6.07, 6.45) is 3.44. The van der Waals surface area contributed by atoms with Crippen LogP contribution in [0.4, 0.5) is 0 Å². The molecule has 0 saturated carbocycles. The Balaban J connectivity index is 2.14. The Labute approximate surface area is 129 Å². The lowest BCUT2D eigenvalue weighted by Gasteiger charge is -2.16. The monoisotopic (exact) mass is 293 g/mol. The van der Waals surface area contributed by atoms with Gasteiger partial charge in [-0.15, -0.1) is 0 Å². The van der Waals surface area contributed by atoms with Crippen molar-refractivity contribution >= 4 is 28.6 Å². The van der Waals surface area contributed by atoms with E-state index in [9.17, 15) is 0 Å². The highest BCUT2D eigenvalue weighted by molar-refractivity contribution is 6.31. The molecule has 0 radical (unpaired) electrons. The molecule has 2 aromatic carbocycles. The summed E-state index contributed by atoms with van der Waals surface area (Å²) in [5.41, 5.74) is 6.57. The van der Waals surface area contributed by atoms with E-state index < -0.39 is 0 Å². The Morgan fingerprint density at radius 1 is 1.05 bits per heavy atom. The van der Waals surface area contributed by atoms with Gasteiger partial charge in [0.2, 0.25) is 0 Å². The van der Waals surface area contributed by atoms with E-state index in [1.54, 1.807) is 0 Å². The van der Waals surface area contributed by atoms with Gasteiger partial charge in [0.25, 0.3) is 0 Å². The van der Waals surface area contributed by atoms with E-state index in [1.165, 1.54) is 33.3 Å². The summed E-state index contributed by atoms with van der Waals surface area (Å²) >= 11 is 6.25. The number of aromatic nitrogens is 1. The van der Waals surface area contributed by atoms with Gasteiger partial charge in [-0.2, -0.15) is 0 Å². The van der Waals surface area contributed by atoms with E-state index in [4.69, 9.17) is 11.6 Å². The molecular formula is C19H16ClN. The molecule has 1 aromatic heterocycles. The number of hydrogen-bond donors (Lipinski definition) is 0. The van der Waals surface area contributed by atoms with Gasteiger partial charge in [-0.1, -0.05) is 47.5 Å². The number of allylic oxidation sites excluding steroid dienone is 1. The van der Waals surface area contributed by atoms with Gasteiger partial charge in [-0.3, -0.25) is 0 Å². The number of halogens is 1. The molecule has 0 fully saturated rings. The second-order valence-electron chi connectivity index (χ2n) is 5.68. The number of hydrogen-bond acceptors (Lipinski definition) is 0. The fourth-order valence-corrected chi connectivity index (χ4v) is 3.41. The van der Waals surface area contributed by atoms with Crippen LogP contribution in [0.3, 0.4) is 0 Å². The van der Waals surface area contributed by atoms with Crippen LogP contribution in [0, 0.1) is 0 Å². The molecule has 4 rings (SSSR count). The van der Waals surface area contributed by atoms with Crippen molar-refractivity contribution in [3.63, 3.8) is 0 Å². The summed E-state index contributed by atoms with van der Waals surface area (Å²) in [7, 11) is 0. The van der Waals surface area contributed by atoms with Crippen molar-refractivity contribution in [1.82, 2.24) is 4.57 Å². The first kappa shape index (κ1) is 12.7. The Bertz CT molecular complexity index is 856. The smallest absolute Gasteiger partial charge is 0.0497 e. The highest BCUT2D eigenvalue weighted by atomic mass is 35.5. The van der Waals surface area contributed by atoms with Crippen LogP contribution in [0.5, 0.6) is 0 Å². The van der Waals surface area contributed by atoms with Gasteiger partial charge in [-0.05, 0) is 43.2 Å². The summed E-state index contributed by atoms with van der Waals surface area (Å²) < 4.78 is 2.42. The standard InChI is InChI=1S/C19H16ClN/c1-13-9-10-21-17-8-7-15(20)12-16(17)19(18(21)11-13)14-5-3-2-4-6-14/h2-8,11-12H,9-10H2,1H3. The summed E-state index contributed by atoms with van der Waals surface area (Å²) in [6, 6.07) is 16.8. The molecule has 0 bridgehead atoms. The van der Waals surface area contributed by atoms with Gasteiger partial charge in [0.1, 0.15) is 0 Å². The minimum Gasteiger partial charge on any atom is -0.340 e. The minimum atomic E-state index is 0.795. The first-order chi connectivity index (χ1) is 10.2. The fraction of sp³-hybridized carbons (Fsp3) is 0.158. The molecule has 2 heteroatoms. The van der Waals surface area contributed by atoms with E-state index in [2.05, 4.69) is 60.0 Å². The van der Waals surface area contributed by atoms with Crippen LogP contribution in [-0.2, 0) is 6.54 Å². The molecule has 0 N–H and O–H groups in total. The molecule has 0 amide bonds. The van der Waals surface area contributed by atoms with Crippen molar-refractivity contribution in [3.05, 3.63) is 64.8 Å². The predicted octanol–water partition coefficient (Wildman–Crippen LogP) is 5.77. The molecular weight excluding hydrogens is 278 g/mol. The quantitative estimate of drug-likeness (QED) is 0.537. The number of rotatable bonds is 1. The molecule has 1 aliphatic rings. The van der Waals surface area contributed by atoms with Crippen molar-refractivity contribution in [2.75, 3.05) is 0 Å². The predicted molar refractivity (Wildman–Crippen MR) is 90.7 cm³/mol. The summed E-state index contributed by atoms with van der Waals surface area (Å²) in [5.74, 6) is 0. The van der Waals surface area contributed by atoms with Gasteiger partial charge < -0.3 is 4.57 Å². The van der Waals surface area contributed by atoms with Crippen LogP contribution < -0.4 is 0 Å². The second-order valence-corrected chi connectivity index (χ2v) is 6.12. The lowest BCUT2D eigenvalue weighted by molar-refractivity contribution is 0.698. The molecule has 3 aromatic rings. The third kappa shape index (κ3) is 2.00. The van der Waals surface area contributed by atoms with Crippen LogP contribution in [-0.4, -0.2) is 4.57 Å². The van der Waals surface area contributed by atoms with Gasteiger partial charge >= 0.3 is 0 Å². The maximum atomic E-state index is 6.25. The van der Waals surface area contributed by atoms with Crippen molar-refractivity contribution in [2.24, 2.45) is 0 Å². The molecule has 0 aliphatic carbocycles. The molecule has 0 unspecified atom stereocenters. The number of aryl methyl sites for hydroxylation is 1. The Kier molecular flexibility index (Phi) is 2.90. The zero-order chi connectivity index (χ0) is 14.4. The van der Waals surface area contributed by atoms with Crippen LogP contribution >= 0.6 is 11.6 Å². The topological polar surface area (TPSA) is 4.93 Å². The van der Waals surface area contributed by atoms with Crippen molar-refractivity contribution in [3.8, 4) is 11.1 Å². The number of benzene rings is 2.